The zero-order chi connectivity index (χ0) is 18.5. The molecule has 0 bridgehead atoms. The fourth-order valence-electron chi connectivity index (χ4n) is 2.98. The van der Waals surface area contributed by atoms with E-state index >= 15 is 0 Å². The average molecular weight is 348 g/mol. The van der Waals surface area contributed by atoms with Crippen molar-refractivity contribution in [1.82, 2.24) is 10.2 Å². The number of urea groups is 1. The van der Waals surface area contributed by atoms with Crippen LogP contribution < -0.4 is 10.2 Å². The van der Waals surface area contributed by atoms with Crippen LogP contribution >= 0.6 is 0 Å². The van der Waals surface area contributed by atoms with Crippen LogP contribution in [0, 0.1) is 11.3 Å². The molecular weight excluding hydrogens is 328 g/mol. The minimum absolute atomic E-state index is 0.0930. The molecule has 0 atom stereocenters. The van der Waals surface area contributed by atoms with Crippen molar-refractivity contribution < 1.29 is 9.59 Å². The molecule has 1 aliphatic heterocycles. The molecule has 6 nitrogen and oxygen atoms in total. The first-order chi connectivity index (χ1) is 12.6. The van der Waals surface area contributed by atoms with E-state index in [2.05, 4.69) is 11.4 Å². The highest BCUT2D eigenvalue weighted by atomic mass is 16.2. The van der Waals surface area contributed by atoms with Crippen molar-refractivity contribution in [3.05, 3.63) is 65.2 Å². The molecule has 1 heterocycles. The summed E-state index contributed by atoms with van der Waals surface area (Å²) in [6.45, 7) is 1.09. The molecule has 1 aliphatic rings. The zero-order valence-electron chi connectivity index (χ0n) is 14.6. The van der Waals surface area contributed by atoms with Crippen molar-refractivity contribution in [3.63, 3.8) is 0 Å². The van der Waals surface area contributed by atoms with Gasteiger partial charge in [-0.1, -0.05) is 30.3 Å². The van der Waals surface area contributed by atoms with Gasteiger partial charge in [0.25, 0.3) is 0 Å². The van der Waals surface area contributed by atoms with Crippen LogP contribution in [0.4, 0.5) is 10.5 Å². The van der Waals surface area contributed by atoms with Gasteiger partial charge in [-0.25, -0.2) is 4.79 Å². The number of nitrogens with zero attached hydrogens (tertiary/aromatic N) is 3. The Morgan fingerprint density at radius 1 is 1.19 bits per heavy atom. The molecule has 0 aromatic heterocycles. The SMILES string of the molecule is CN(C(=O)CNC(=O)N1CCc2ccccc2C1)c1cccc(C#N)c1. The molecule has 26 heavy (non-hydrogen) atoms. The average Bonchev–Trinajstić information content (AvgIpc) is 2.70. The molecule has 0 saturated heterocycles. The number of hydrogen-bond donors (Lipinski definition) is 1. The summed E-state index contributed by atoms with van der Waals surface area (Å²) in [7, 11) is 1.63. The molecule has 2 aromatic carbocycles. The number of nitriles is 1. The molecule has 0 spiro atoms. The summed E-state index contributed by atoms with van der Waals surface area (Å²) in [5.74, 6) is -0.245. The van der Waals surface area contributed by atoms with Crippen molar-refractivity contribution in [2.45, 2.75) is 13.0 Å². The van der Waals surface area contributed by atoms with Gasteiger partial charge < -0.3 is 15.1 Å². The lowest BCUT2D eigenvalue weighted by molar-refractivity contribution is -0.117. The van der Waals surface area contributed by atoms with Gasteiger partial charge in [0, 0.05) is 25.8 Å². The zero-order valence-corrected chi connectivity index (χ0v) is 14.6. The van der Waals surface area contributed by atoms with E-state index in [1.54, 1.807) is 36.2 Å². The van der Waals surface area contributed by atoms with Crippen LogP contribution in [0.5, 0.6) is 0 Å². The minimum atomic E-state index is -0.245. The van der Waals surface area contributed by atoms with Crippen LogP contribution in [-0.4, -0.2) is 37.0 Å². The van der Waals surface area contributed by atoms with E-state index in [9.17, 15) is 9.59 Å². The Bertz CT molecular complexity index is 872. The Morgan fingerprint density at radius 3 is 2.73 bits per heavy atom. The van der Waals surface area contributed by atoms with Crippen molar-refractivity contribution in [3.8, 4) is 6.07 Å². The first kappa shape index (κ1) is 17.5. The highest BCUT2D eigenvalue weighted by molar-refractivity contribution is 5.96. The molecule has 6 heteroatoms. The number of fused-ring (bicyclic) bond motifs is 1. The third-order valence-electron chi connectivity index (χ3n) is 4.55. The predicted octanol–water partition coefficient (Wildman–Crippen LogP) is 2.29. The van der Waals surface area contributed by atoms with E-state index in [1.165, 1.54) is 10.5 Å². The standard InChI is InChI=1S/C20H20N4O2/c1-23(18-8-4-5-15(11-18)12-21)19(25)13-22-20(26)24-10-9-16-6-2-3-7-17(16)14-24/h2-8,11H,9-10,13-14H2,1H3,(H,22,26). The molecular formula is C20H20N4O2. The number of benzene rings is 2. The fraction of sp³-hybridized carbons (Fsp3) is 0.250. The molecule has 0 fully saturated rings. The summed E-state index contributed by atoms with van der Waals surface area (Å²) < 4.78 is 0. The van der Waals surface area contributed by atoms with Crippen LogP contribution in [0.15, 0.2) is 48.5 Å². The van der Waals surface area contributed by atoms with Crippen LogP contribution in [0.25, 0.3) is 0 Å². The van der Waals surface area contributed by atoms with Gasteiger partial charge in [-0.3, -0.25) is 4.79 Å². The van der Waals surface area contributed by atoms with Crippen molar-refractivity contribution in [2.24, 2.45) is 0 Å². The van der Waals surface area contributed by atoms with Crippen molar-refractivity contribution in [2.75, 3.05) is 25.0 Å². The highest BCUT2D eigenvalue weighted by Gasteiger charge is 2.21. The Morgan fingerprint density at radius 2 is 1.96 bits per heavy atom. The normalized spacial score (nSPS) is 12.7. The van der Waals surface area contributed by atoms with Gasteiger partial charge in [-0.05, 0) is 35.7 Å². The van der Waals surface area contributed by atoms with Gasteiger partial charge in [0.2, 0.25) is 5.91 Å². The van der Waals surface area contributed by atoms with E-state index in [4.69, 9.17) is 5.26 Å². The van der Waals surface area contributed by atoms with Gasteiger partial charge in [-0.15, -0.1) is 0 Å². The van der Waals surface area contributed by atoms with Gasteiger partial charge in [0.05, 0.1) is 18.2 Å². The summed E-state index contributed by atoms with van der Waals surface area (Å²) in [5, 5.41) is 11.6. The third-order valence-corrected chi connectivity index (χ3v) is 4.55. The number of nitrogens with one attached hydrogen (secondary N) is 1. The second-order valence-corrected chi connectivity index (χ2v) is 6.21. The first-order valence-electron chi connectivity index (χ1n) is 8.45. The molecule has 3 amide bonds. The van der Waals surface area contributed by atoms with E-state index in [1.807, 2.05) is 24.3 Å². The Balaban J connectivity index is 1.56. The van der Waals surface area contributed by atoms with E-state index in [0.29, 0.717) is 24.3 Å². The number of anilines is 1. The molecule has 0 unspecified atom stereocenters. The van der Waals surface area contributed by atoms with Crippen LogP contribution in [0.1, 0.15) is 16.7 Å². The number of carbonyl (C=O) groups excluding carboxylic acids is 2. The monoisotopic (exact) mass is 348 g/mol. The maximum Gasteiger partial charge on any atom is 0.318 e. The van der Waals surface area contributed by atoms with Gasteiger partial charge in [0.1, 0.15) is 0 Å². The summed E-state index contributed by atoms with van der Waals surface area (Å²) in [5.41, 5.74) is 3.52. The molecule has 1 N–H and O–H groups in total. The van der Waals surface area contributed by atoms with E-state index < -0.39 is 0 Å². The maximum absolute atomic E-state index is 12.4. The quantitative estimate of drug-likeness (QED) is 0.924. The van der Waals surface area contributed by atoms with Gasteiger partial charge in [-0.2, -0.15) is 5.26 Å². The molecule has 0 radical (unpaired) electrons. The maximum atomic E-state index is 12.4. The summed E-state index contributed by atoms with van der Waals surface area (Å²) in [4.78, 5) is 27.9. The largest absolute Gasteiger partial charge is 0.329 e. The second-order valence-electron chi connectivity index (χ2n) is 6.21. The lowest BCUT2D eigenvalue weighted by atomic mass is 10.0. The molecule has 0 saturated carbocycles. The second kappa shape index (κ2) is 7.70. The molecule has 2 aromatic rings. The number of hydrogen-bond acceptors (Lipinski definition) is 3. The van der Waals surface area contributed by atoms with Crippen LogP contribution in [0.2, 0.25) is 0 Å². The smallest absolute Gasteiger partial charge is 0.318 e. The Labute approximate surface area is 152 Å². The van der Waals surface area contributed by atoms with E-state index in [0.717, 1.165) is 12.0 Å². The summed E-state index contributed by atoms with van der Waals surface area (Å²) in [6, 6.07) is 16.7. The van der Waals surface area contributed by atoms with Crippen molar-refractivity contribution in [1.29, 1.82) is 5.26 Å². The van der Waals surface area contributed by atoms with Crippen LogP contribution in [0.3, 0.4) is 0 Å². The third kappa shape index (κ3) is 3.83. The summed E-state index contributed by atoms with van der Waals surface area (Å²) >= 11 is 0. The lowest BCUT2D eigenvalue weighted by Crippen LogP contribution is -2.46. The van der Waals surface area contributed by atoms with E-state index in [-0.39, 0.29) is 18.5 Å². The number of likely N-dealkylation sites (N-methyl/N-ethyl adjacent to an activating group) is 1. The number of rotatable bonds is 3. The molecule has 0 aliphatic carbocycles. The summed E-state index contributed by atoms with van der Waals surface area (Å²) in [6.07, 6.45) is 0.818. The van der Waals surface area contributed by atoms with Crippen LogP contribution in [-0.2, 0) is 17.8 Å². The fourth-order valence-corrected chi connectivity index (χ4v) is 2.98. The van der Waals surface area contributed by atoms with Gasteiger partial charge >= 0.3 is 6.03 Å². The number of carbonyl (C=O) groups is 2. The topological polar surface area (TPSA) is 76.4 Å². The Kier molecular flexibility index (Phi) is 5.18. The molecule has 132 valence electrons. The van der Waals surface area contributed by atoms with Gasteiger partial charge in [0.15, 0.2) is 0 Å². The number of amides is 3. The minimum Gasteiger partial charge on any atom is -0.329 e. The predicted molar refractivity (Wildman–Crippen MR) is 98.5 cm³/mol. The highest BCUT2D eigenvalue weighted by Crippen LogP contribution is 2.18. The lowest BCUT2D eigenvalue weighted by Gasteiger charge is -2.29. The van der Waals surface area contributed by atoms with Crippen molar-refractivity contribution >= 4 is 17.6 Å². The first-order valence-corrected chi connectivity index (χ1v) is 8.45. The Hall–Kier alpha value is -3.33. The molecule has 3 rings (SSSR count).